The van der Waals surface area contributed by atoms with E-state index in [0.29, 0.717) is 5.56 Å². The third kappa shape index (κ3) is 2.05. The Morgan fingerprint density at radius 3 is 2.45 bits per heavy atom. The summed E-state index contributed by atoms with van der Waals surface area (Å²) in [5, 5.41) is 9.41. The molecule has 0 aliphatic carbocycles. The number of H-pyrrole nitrogens is 1. The van der Waals surface area contributed by atoms with E-state index in [1.165, 1.54) is 12.1 Å². The van der Waals surface area contributed by atoms with E-state index in [-0.39, 0.29) is 5.82 Å². The highest BCUT2D eigenvalue weighted by Crippen LogP contribution is 2.33. The van der Waals surface area contributed by atoms with Gasteiger partial charge in [-0.2, -0.15) is 5.26 Å². The lowest BCUT2D eigenvalue weighted by molar-refractivity contribution is 0.628. The lowest BCUT2D eigenvalue weighted by Crippen LogP contribution is -2.18. The fourth-order valence-electron chi connectivity index (χ4n) is 2.80. The number of aromatic amines is 1. The van der Waals surface area contributed by atoms with Crippen molar-refractivity contribution in [2.75, 3.05) is 18.0 Å². The van der Waals surface area contributed by atoms with Crippen molar-refractivity contribution < 1.29 is 4.39 Å². The zero-order valence-electron chi connectivity index (χ0n) is 11.4. The number of nitriles is 1. The van der Waals surface area contributed by atoms with Crippen molar-refractivity contribution in [1.82, 2.24) is 4.98 Å². The minimum atomic E-state index is -0.252. The van der Waals surface area contributed by atoms with Gasteiger partial charge in [-0.1, -0.05) is 0 Å². The van der Waals surface area contributed by atoms with Crippen molar-refractivity contribution in [2.24, 2.45) is 0 Å². The number of hydrogen-bond acceptors (Lipinski definition) is 2. The Kier molecular flexibility index (Phi) is 3.19. The first kappa shape index (κ1) is 12.7. The Hall–Kier alpha value is -2.28. The van der Waals surface area contributed by atoms with Gasteiger partial charge < -0.3 is 9.88 Å². The minimum absolute atomic E-state index is 0.252. The van der Waals surface area contributed by atoms with Crippen molar-refractivity contribution in [3.8, 4) is 17.3 Å². The number of aromatic nitrogens is 1. The predicted octanol–water partition coefficient (Wildman–Crippen LogP) is 3.60. The Morgan fingerprint density at radius 1 is 1.20 bits per heavy atom. The molecule has 0 spiro atoms. The highest BCUT2D eigenvalue weighted by atomic mass is 19.1. The number of hydrogen-bond donors (Lipinski definition) is 1. The van der Waals surface area contributed by atoms with Crippen molar-refractivity contribution in [1.29, 1.82) is 5.26 Å². The summed E-state index contributed by atoms with van der Waals surface area (Å²) in [4.78, 5) is 5.58. The molecule has 2 aromatic rings. The summed E-state index contributed by atoms with van der Waals surface area (Å²) < 4.78 is 13.0. The Labute approximate surface area is 117 Å². The number of nitrogens with zero attached hydrogens (tertiary/aromatic N) is 2. The summed E-state index contributed by atoms with van der Waals surface area (Å²) in [5.74, 6) is 0.653. The molecule has 3 nitrogen and oxygen atoms in total. The zero-order valence-corrected chi connectivity index (χ0v) is 11.4. The Morgan fingerprint density at radius 2 is 1.85 bits per heavy atom. The van der Waals surface area contributed by atoms with Gasteiger partial charge >= 0.3 is 0 Å². The smallest absolute Gasteiger partial charge is 0.124 e. The summed E-state index contributed by atoms with van der Waals surface area (Å²) in [6.45, 7) is 3.91. The van der Waals surface area contributed by atoms with Crippen LogP contribution in [0.15, 0.2) is 24.3 Å². The van der Waals surface area contributed by atoms with Gasteiger partial charge in [-0.25, -0.2) is 4.39 Å². The molecule has 0 saturated carbocycles. The number of anilines is 1. The van der Waals surface area contributed by atoms with Crippen LogP contribution in [0.25, 0.3) is 11.3 Å². The van der Waals surface area contributed by atoms with E-state index in [9.17, 15) is 9.65 Å². The molecule has 1 aliphatic heterocycles. The Bertz CT molecular complexity index is 658. The van der Waals surface area contributed by atoms with E-state index in [4.69, 9.17) is 0 Å². The molecule has 0 amide bonds. The molecule has 1 aromatic heterocycles. The summed E-state index contributed by atoms with van der Waals surface area (Å²) >= 11 is 0. The van der Waals surface area contributed by atoms with Gasteiger partial charge in [0.25, 0.3) is 0 Å². The summed E-state index contributed by atoms with van der Waals surface area (Å²) in [6.07, 6.45) is 2.32. The van der Waals surface area contributed by atoms with Crippen molar-refractivity contribution in [3.63, 3.8) is 0 Å². The normalized spacial score (nSPS) is 14.6. The van der Waals surface area contributed by atoms with Gasteiger partial charge in [0.05, 0.1) is 11.3 Å². The summed E-state index contributed by atoms with van der Waals surface area (Å²) in [5.41, 5.74) is 3.45. The molecule has 1 saturated heterocycles. The highest BCUT2D eigenvalue weighted by Gasteiger charge is 2.22. The summed E-state index contributed by atoms with van der Waals surface area (Å²) in [6, 6.07) is 8.66. The maximum atomic E-state index is 13.0. The van der Waals surface area contributed by atoms with Gasteiger partial charge in [0, 0.05) is 13.1 Å². The van der Waals surface area contributed by atoms with Gasteiger partial charge in [-0.3, -0.25) is 0 Å². The first-order valence-corrected chi connectivity index (χ1v) is 6.84. The van der Waals surface area contributed by atoms with Crippen LogP contribution in [0.1, 0.15) is 24.0 Å². The fraction of sp³-hybridized carbons (Fsp3) is 0.312. The quantitative estimate of drug-likeness (QED) is 0.905. The van der Waals surface area contributed by atoms with Crippen LogP contribution in [0, 0.1) is 24.1 Å². The standard InChI is InChI=1S/C16H16FN3/c1-11-14(10-18)16(20-8-2-3-9-20)19-15(11)12-4-6-13(17)7-5-12/h4-7,19H,2-3,8-9H2,1H3. The molecule has 2 heterocycles. The van der Waals surface area contributed by atoms with Crippen LogP contribution in [-0.2, 0) is 0 Å². The van der Waals surface area contributed by atoms with Crippen LogP contribution >= 0.6 is 0 Å². The molecular formula is C16H16FN3. The van der Waals surface area contributed by atoms with Gasteiger partial charge in [0.15, 0.2) is 0 Å². The molecule has 102 valence electrons. The van der Waals surface area contributed by atoms with Crippen LogP contribution in [0.3, 0.4) is 0 Å². The van der Waals surface area contributed by atoms with E-state index in [1.807, 2.05) is 6.92 Å². The molecule has 0 atom stereocenters. The van der Waals surface area contributed by atoms with E-state index in [1.54, 1.807) is 12.1 Å². The largest absolute Gasteiger partial charge is 0.357 e. The van der Waals surface area contributed by atoms with Crippen LogP contribution < -0.4 is 4.90 Å². The molecule has 0 bridgehead atoms. The number of rotatable bonds is 2. The monoisotopic (exact) mass is 269 g/mol. The Balaban J connectivity index is 2.08. The van der Waals surface area contributed by atoms with E-state index in [0.717, 1.165) is 48.6 Å². The first-order valence-electron chi connectivity index (χ1n) is 6.84. The molecular weight excluding hydrogens is 253 g/mol. The van der Waals surface area contributed by atoms with Gasteiger partial charge in [0.1, 0.15) is 17.7 Å². The van der Waals surface area contributed by atoms with E-state index >= 15 is 0 Å². The first-order chi connectivity index (χ1) is 9.70. The predicted molar refractivity (Wildman–Crippen MR) is 77.1 cm³/mol. The third-order valence-corrected chi connectivity index (χ3v) is 3.90. The van der Waals surface area contributed by atoms with Crippen molar-refractivity contribution >= 4 is 5.82 Å². The van der Waals surface area contributed by atoms with Gasteiger partial charge in [-0.15, -0.1) is 0 Å². The minimum Gasteiger partial charge on any atom is -0.357 e. The molecule has 3 rings (SSSR count). The SMILES string of the molecule is Cc1c(-c2ccc(F)cc2)[nH]c(N2CCCC2)c1C#N. The molecule has 1 aromatic carbocycles. The highest BCUT2D eigenvalue weighted by molar-refractivity contribution is 5.74. The van der Waals surface area contributed by atoms with Crippen LogP contribution in [-0.4, -0.2) is 18.1 Å². The second-order valence-electron chi connectivity index (χ2n) is 5.16. The molecule has 1 aliphatic rings. The van der Waals surface area contributed by atoms with E-state index in [2.05, 4.69) is 16.0 Å². The molecule has 1 fully saturated rings. The van der Waals surface area contributed by atoms with Crippen LogP contribution in [0.2, 0.25) is 0 Å². The average molecular weight is 269 g/mol. The van der Waals surface area contributed by atoms with Crippen molar-refractivity contribution in [2.45, 2.75) is 19.8 Å². The van der Waals surface area contributed by atoms with Crippen LogP contribution in [0.5, 0.6) is 0 Å². The number of nitrogens with one attached hydrogen (secondary N) is 1. The lowest BCUT2D eigenvalue weighted by Gasteiger charge is -2.15. The average Bonchev–Trinajstić information content (AvgIpc) is 3.07. The molecule has 20 heavy (non-hydrogen) atoms. The zero-order chi connectivity index (χ0) is 14.1. The second kappa shape index (κ2) is 5.01. The molecule has 0 unspecified atom stereocenters. The molecule has 0 radical (unpaired) electrons. The maximum Gasteiger partial charge on any atom is 0.124 e. The topological polar surface area (TPSA) is 42.8 Å². The fourth-order valence-corrected chi connectivity index (χ4v) is 2.80. The second-order valence-corrected chi connectivity index (χ2v) is 5.16. The maximum absolute atomic E-state index is 13.0. The van der Waals surface area contributed by atoms with Gasteiger partial charge in [0.2, 0.25) is 0 Å². The summed E-state index contributed by atoms with van der Waals surface area (Å²) in [7, 11) is 0. The molecule has 4 heteroatoms. The third-order valence-electron chi connectivity index (χ3n) is 3.90. The number of benzene rings is 1. The number of halogens is 1. The van der Waals surface area contributed by atoms with E-state index < -0.39 is 0 Å². The lowest BCUT2D eigenvalue weighted by atomic mass is 10.1. The van der Waals surface area contributed by atoms with Crippen molar-refractivity contribution in [3.05, 3.63) is 41.2 Å². The van der Waals surface area contributed by atoms with Crippen LogP contribution in [0.4, 0.5) is 10.2 Å². The van der Waals surface area contributed by atoms with Gasteiger partial charge in [-0.05, 0) is 55.2 Å². The molecule has 1 N–H and O–H groups in total.